The van der Waals surface area contributed by atoms with E-state index in [-0.39, 0.29) is 43.2 Å². The van der Waals surface area contributed by atoms with Crippen LogP contribution in [0.5, 0.6) is 0 Å². The van der Waals surface area contributed by atoms with Crippen LogP contribution in [-0.2, 0) is 24.4 Å². The summed E-state index contributed by atoms with van der Waals surface area (Å²) >= 11 is 0. The third kappa shape index (κ3) is 18.2. The second-order valence-corrected chi connectivity index (χ2v) is 3.06. The molecule has 0 fully saturated rings. The molecule has 0 atom stereocenters. The van der Waals surface area contributed by atoms with Gasteiger partial charge in [0.25, 0.3) is 0 Å². The molecule has 8 nitrogen and oxygen atoms in total. The maximum absolute atomic E-state index is 9.29. The minimum absolute atomic E-state index is 0. The fraction of sp³-hybridized carbons (Fsp3) is 0. The molecule has 0 aliphatic rings. The molecule has 0 rings (SSSR count). The second-order valence-electron chi connectivity index (χ2n) is 0.885. The van der Waals surface area contributed by atoms with Gasteiger partial charge in [-0.15, -0.1) is 0 Å². The van der Waals surface area contributed by atoms with Gasteiger partial charge < -0.3 is 14.6 Å². The van der Waals surface area contributed by atoms with Crippen LogP contribution in [0.1, 0.15) is 0 Å². The van der Waals surface area contributed by atoms with Gasteiger partial charge in [0.2, 0.25) is 20.8 Å². The minimum Gasteiger partial charge on any atom is -0.725 e. The van der Waals surface area contributed by atoms with E-state index in [1.807, 2.05) is 0 Å². The average Bonchev–Trinajstić information content (AvgIpc) is 1.14. The van der Waals surface area contributed by atoms with Crippen molar-refractivity contribution in [2.45, 2.75) is 0 Å². The standard InChI is InChI=1S/Ca.H2O7S2.H2O/c;1-8(2,3)7-9(4,5)6;/h;(H,1,2,3)(H,4,5,6);1H2/q+2;;/p-2. The van der Waals surface area contributed by atoms with Gasteiger partial charge in [-0.05, 0) is 0 Å². The van der Waals surface area contributed by atoms with Crippen LogP contribution in [-0.4, -0.2) is 69.2 Å². The SMILES string of the molecule is O.O=S(=O)([O-])OS(=O)(=O)[O-].[Ca+2]. The zero-order chi connectivity index (χ0) is 7.71. The third-order valence-electron chi connectivity index (χ3n) is 0.167. The van der Waals surface area contributed by atoms with Crippen molar-refractivity contribution < 1.29 is 35.0 Å². The Balaban J connectivity index is -0.000000320. The van der Waals surface area contributed by atoms with E-state index >= 15 is 0 Å². The van der Waals surface area contributed by atoms with Crippen molar-refractivity contribution in [1.82, 2.24) is 0 Å². The molecule has 0 unspecified atom stereocenters. The topological polar surface area (TPSA) is 155 Å². The zero-order valence-corrected chi connectivity index (χ0v) is 8.72. The van der Waals surface area contributed by atoms with Gasteiger partial charge in [-0.1, -0.05) is 0 Å². The average molecular weight is 234 g/mol. The van der Waals surface area contributed by atoms with E-state index in [4.69, 9.17) is 0 Å². The molecule has 0 aliphatic heterocycles. The Morgan fingerprint density at radius 3 is 1.09 bits per heavy atom. The maximum Gasteiger partial charge on any atom is 2.00 e. The first-order valence-electron chi connectivity index (χ1n) is 1.33. The normalized spacial score (nSPS) is 11.1. The zero-order valence-electron chi connectivity index (χ0n) is 4.88. The molecule has 2 N–H and O–H groups in total. The Bertz CT molecular complexity index is 237. The van der Waals surface area contributed by atoms with E-state index in [1.165, 1.54) is 0 Å². The molecule has 0 amide bonds. The summed E-state index contributed by atoms with van der Waals surface area (Å²) in [6, 6.07) is 0. The van der Waals surface area contributed by atoms with Crippen LogP contribution < -0.4 is 0 Å². The summed E-state index contributed by atoms with van der Waals surface area (Å²) in [5.74, 6) is 0. The second kappa shape index (κ2) is 5.61. The van der Waals surface area contributed by atoms with Gasteiger partial charge in [-0.2, -0.15) is 3.63 Å². The van der Waals surface area contributed by atoms with E-state index in [9.17, 15) is 25.9 Å². The van der Waals surface area contributed by atoms with Crippen molar-refractivity contribution in [3.05, 3.63) is 0 Å². The fourth-order valence-corrected chi connectivity index (χ4v) is 0.919. The van der Waals surface area contributed by atoms with Crippen molar-refractivity contribution in [2.75, 3.05) is 0 Å². The summed E-state index contributed by atoms with van der Waals surface area (Å²) in [5, 5.41) is 0. The van der Waals surface area contributed by atoms with Crippen LogP contribution in [0.15, 0.2) is 0 Å². The Morgan fingerprint density at radius 1 is 0.909 bits per heavy atom. The molecule has 0 aromatic rings. The van der Waals surface area contributed by atoms with Gasteiger partial charge in [0.1, 0.15) is 0 Å². The smallest absolute Gasteiger partial charge is 0.725 e. The van der Waals surface area contributed by atoms with Gasteiger partial charge in [0.15, 0.2) is 0 Å². The van der Waals surface area contributed by atoms with Gasteiger partial charge in [0, 0.05) is 0 Å². The summed E-state index contributed by atoms with van der Waals surface area (Å²) < 4.78 is 58.2. The summed E-state index contributed by atoms with van der Waals surface area (Å²) in [4.78, 5) is 0. The Hall–Kier alpha value is 1.000. The van der Waals surface area contributed by atoms with Crippen molar-refractivity contribution >= 4 is 58.5 Å². The number of rotatable bonds is 2. The molecule has 11 heteroatoms. The van der Waals surface area contributed by atoms with Gasteiger partial charge in [0.05, 0.1) is 0 Å². The molecule has 0 aromatic carbocycles. The molecule has 11 heavy (non-hydrogen) atoms. The molecule has 0 saturated carbocycles. The molecule has 0 heterocycles. The first kappa shape index (κ1) is 17.9. The molecular weight excluding hydrogens is 232 g/mol. The molecule has 0 aliphatic carbocycles. The van der Waals surface area contributed by atoms with Crippen LogP contribution in [0.25, 0.3) is 0 Å². The summed E-state index contributed by atoms with van der Waals surface area (Å²) in [6.07, 6.45) is 0. The molecule has 0 bridgehead atoms. The summed E-state index contributed by atoms with van der Waals surface area (Å²) in [6.45, 7) is 0. The number of hydrogen-bond donors (Lipinski definition) is 0. The van der Waals surface area contributed by atoms with E-state index < -0.39 is 20.8 Å². The van der Waals surface area contributed by atoms with Gasteiger partial charge in [-0.25, -0.2) is 16.8 Å². The monoisotopic (exact) mass is 234 g/mol. The molecule has 64 valence electrons. The van der Waals surface area contributed by atoms with Crippen molar-refractivity contribution in [1.29, 1.82) is 0 Å². The first-order valence-corrected chi connectivity index (χ1v) is 4.00. The van der Waals surface area contributed by atoms with Crippen molar-refractivity contribution in [3.8, 4) is 0 Å². The molecule has 0 aromatic heterocycles. The van der Waals surface area contributed by atoms with Crippen molar-refractivity contribution in [2.24, 2.45) is 0 Å². The van der Waals surface area contributed by atoms with Gasteiger partial charge in [-0.3, -0.25) is 0 Å². The van der Waals surface area contributed by atoms with Crippen LogP contribution >= 0.6 is 0 Å². The fourth-order valence-electron chi connectivity index (χ4n) is 0.102. The predicted molar refractivity (Wildman–Crippen MR) is 29.8 cm³/mol. The molecule has 0 spiro atoms. The summed E-state index contributed by atoms with van der Waals surface area (Å²) in [5.41, 5.74) is 0. The van der Waals surface area contributed by atoms with Crippen LogP contribution in [0, 0.1) is 0 Å². The van der Waals surface area contributed by atoms with Crippen LogP contribution in [0.3, 0.4) is 0 Å². The van der Waals surface area contributed by atoms with Gasteiger partial charge >= 0.3 is 37.7 Å². The molecule has 0 radical (unpaired) electrons. The maximum atomic E-state index is 9.29. The third-order valence-corrected chi connectivity index (χ3v) is 1.50. The molecular formula is H2CaO8S2. The first-order chi connectivity index (χ1) is 3.71. The largest absolute Gasteiger partial charge is 2.00 e. The Labute approximate surface area is 92.8 Å². The van der Waals surface area contributed by atoms with Crippen LogP contribution in [0.4, 0.5) is 0 Å². The van der Waals surface area contributed by atoms with Crippen molar-refractivity contribution in [3.63, 3.8) is 0 Å². The Morgan fingerprint density at radius 2 is 1.09 bits per heavy atom. The molecule has 0 saturated heterocycles. The number of hydrogen-bond acceptors (Lipinski definition) is 7. The van der Waals surface area contributed by atoms with E-state index in [0.29, 0.717) is 0 Å². The van der Waals surface area contributed by atoms with E-state index in [2.05, 4.69) is 3.63 Å². The van der Waals surface area contributed by atoms with Crippen LogP contribution in [0.2, 0.25) is 0 Å². The van der Waals surface area contributed by atoms with E-state index in [0.717, 1.165) is 0 Å². The quantitative estimate of drug-likeness (QED) is 0.275. The predicted octanol–water partition coefficient (Wildman–Crippen LogP) is -3.28. The minimum atomic E-state index is -5.43. The Kier molecular flexibility index (Phi) is 9.15. The van der Waals surface area contributed by atoms with E-state index in [1.54, 1.807) is 0 Å². The summed E-state index contributed by atoms with van der Waals surface area (Å²) in [7, 11) is -10.9.